The minimum Gasteiger partial charge on any atom is -0.480 e. The third-order valence-corrected chi connectivity index (χ3v) is 4.11. The van der Waals surface area contributed by atoms with Gasteiger partial charge in [-0.2, -0.15) is 0 Å². The summed E-state index contributed by atoms with van der Waals surface area (Å²) in [7, 11) is 0. The fourth-order valence-corrected chi connectivity index (χ4v) is 2.68. The number of benzene rings is 1. The molecule has 1 amide bonds. The van der Waals surface area contributed by atoms with E-state index >= 15 is 0 Å². The molecular weight excluding hydrogens is 266 g/mol. The van der Waals surface area contributed by atoms with Crippen molar-refractivity contribution in [3.8, 4) is 0 Å². The quantitative estimate of drug-likeness (QED) is 0.811. The van der Waals surface area contributed by atoms with Crippen LogP contribution in [0.25, 0.3) is 0 Å². The zero-order chi connectivity index (χ0) is 15.4. The Bertz CT molecular complexity index is 494. The zero-order valence-corrected chi connectivity index (χ0v) is 12.6. The second kappa shape index (κ2) is 6.74. The topological polar surface area (TPSA) is 66.4 Å². The number of carbonyl (C=O) groups is 2. The summed E-state index contributed by atoms with van der Waals surface area (Å²) in [5, 5.41) is 11.9. The minimum absolute atomic E-state index is 0.111. The number of amides is 1. The van der Waals surface area contributed by atoms with E-state index in [1.807, 2.05) is 30.3 Å². The first-order valence-electron chi connectivity index (χ1n) is 7.56. The Labute approximate surface area is 125 Å². The molecule has 2 unspecified atom stereocenters. The lowest BCUT2D eigenvalue weighted by molar-refractivity contribution is -0.142. The van der Waals surface area contributed by atoms with Crippen LogP contribution in [-0.4, -0.2) is 23.0 Å². The summed E-state index contributed by atoms with van der Waals surface area (Å²) < 4.78 is 0. The first kappa shape index (κ1) is 15.5. The van der Waals surface area contributed by atoms with Crippen LogP contribution in [0.4, 0.5) is 0 Å². The number of hydrogen-bond donors (Lipinski definition) is 2. The Morgan fingerprint density at radius 1 is 1.24 bits per heavy atom. The maximum absolute atomic E-state index is 12.2. The van der Waals surface area contributed by atoms with E-state index in [1.165, 1.54) is 0 Å². The van der Waals surface area contributed by atoms with Crippen LogP contribution in [0.3, 0.4) is 0 Å². The van der Waals surface area contributed by atoms with Crippen LogP contribution in [0.1, 0.15) is 44.6 Å². The number of carbonyl (C=O) groups excluding carboxylic acids is 1. The average Bonchev–Trinajstić information content (AvgIpc) is 3.27. The van der Waals surface area contributed by atoms with Crippen molar-refractivity contribution in [3.05, 3.63) is 35.9 Å². The molecule has 0 aliphatic heterocycles. The second-order valence-electron chi connectivity index (χ2n) is 6.19. The number of carboxylic acids is 1. The van der Waals surface area contributed by atoms with E-state index in [4.69, 9.17) is 0 Å². The molecule has 2 atom stereocenters. The smallest absolute Gasteiger partial charge is 0.326 e. The summed E-state index contributed by atoms with van der Waals surface area (Å²) in [6.45, 7) is 4.17. The van der Waals surface area contributed by atoms with E-state index in [2.05, 4.69) is 19.2 Å². The van der Waals surface area contributed by atoms with Gasteiger partial charge < -0.3 is 10.4 Å². The summed E-state index contributed by atoms with van der Waals surface area (Å²) >= 11 is 0. The van der Waals surface area contributed by atoms with Gasteiger partial charge in [-0.3, -0.25) is 4.79 Å². The molecule has 1 aliphatic carbocycles. The van der Waals surface area contributed by atoms with Crippen molar-refractivity contribution >= 4 is 11.9 Å². The fraction of sp³-hybridized carbons (Fsp3) is 0.529. The molecule has 0 heterocycles. The molecule has 1 aromatic carbocycles. The van der Waals surface area contributed by atoms with Crippen molar-refractivity contribution in [1.29, 1.82) is 0 Å². The molecule has 2 rings (SSSR count). The number of aliphatic carboxylic acids is 1. The van der Waals surface area contributed by atoms with Gasteiger partial charge in [0.25, 0.3) is 0 Å². The lowest BCUT2D eigenvalue weighted by atomic mass is 9.85. The first-order chi connectivity index (χ1) is 9.99. The van der Waals surface area contributed by atoms with Gasteiger partial charge >= 0.3 is 5.97 Å². The summed E-state index contributed by atoms with van der Waals surface area (Å²) in [6.07, 6.45) is 2.12. The van der Waals surface area contributed by atoms with E-state index in [9.17, 15) is 14.7 Å². The lowest BCUT2D eigenvalue weighted by Crippen LogP contribution is -2.43. The maximum Gasteiger partial charge on any atom is 0.326 e. The van der Waals surface area contributed by atoms with Gasteiger partial charge in [0.2, 0.25) is 5.91 Å². The van der Waals surface area contributed by atoms with Gasteiger partial charge in [0.05, 0.1) is 0 Å². The van der Waals surface area contributed by atoms with Crippen LogP contribution in [-0.2, 0) is 9.59 Å². The molecule has 21 heavy (non-hydrogen) atoms. The Balaban J connectivity index is 2.00. The van der Waals surface area contributed by atoms with Crippen molar-refractivity contribution in [2.45, 2.75) is 45.1 Å². The lowest BCUT2D eigenvalue weighted by Gasteiger charge is -2.22. The van der Waals surface area contributed by atoms with Crippen molar-refractivity contribution in [2.75, 3.05) is 0 Å². The van der Waals surface area contributed by atoms with Gasteiger partial charge in [-0.1, -0.05) is 44.2 Å². The molecule has 1 saturated carbocycles. The fourth-order valence-electron chi connectivity index (χ4n) is 2.68. The molecule has 1 fully saturated rings. The highest BCUT2D eigenvalue weighted by molar-refractivity contribution is 5.84. The molecule has 0 saturated heterocycles. The summed E-state index contributed by atoms with van der Waals surface area (Å²) in [5.74, 6) is -0.550. The van der Waals surface area contributed by atoms with Crippen molar-refractivity contribution < 1.29 is 14.7 Å². The maximum atomic E-state index is 12.2. The SMILES string of the molecule is CC(C)C(CC(=O)NC(C(=O)O)C1CC1)c1ccccc1. The molecule has 0 spiro atoms. The molecule has 1 aliphatic rings. The van der Waals surface area contributed by atoms with Crippen molar-refractivity contribution in [1.82, 2.24) is 5.32 Å². The van der Waals surface area contributed by atoms with Gasteiger partial charge in [-0.25, -0.2) is 4.79 Å². The highest BCUT2D eigenvalue weighted by Crippen LogP contribution is 2.33. The van der Waals surface area contributed by atoms with Crippen LogP contribution in [0.2, 0.25) is 0 Å². The van der Waals surface area contributed by atoms with Gasteiger partial charge in [-0.15, -0.1) is 0 Å². The van der Waals surface area contributed by atoms with E-state index in [0.29, 0.717) is 12.3 Å². The van der Waals surface area contributed by atoms with Gasteiger partial charge in [0.15, 0.2) is 0 Å². The van der Waals surface area contributed by atoms with E-state index in [1.54, 1.807) is 0 Å². The molecule has 4 nitrogen and oxygen atoms in total. The van der Waals surface area contributed by atoms with Gasteiger partial charge in [0.1, 0.15) is 6.04 Å². The van der Waals surface area contributed by atoms with Gasteiger partial charge in [0, 0.05) is 6.42 Å². The highest BCUT2D eigenvalue weighted by atomic mass is 16.4. The first-order valence-corrected chi connectivity index (χ1v) is 7.56. The highest BCUT2D eigenvalue weighted by Gasteiger charge is 2.37. The minimum atomic E-state index is -0.924. The third kappa shape index (κ3) is 4.31. The molecule has 1 aromatic rings. The number of rotatable bonds is 7. The molecule has 2 N–H and O–H groups in total. The third-order valence-electron chi connectivity index (χ3n) is 4.11. The summed E-state index contributed by atoms with van der Waals surface area (Å²) in [5.41, 5.74) is 1.13. The molecule has 4 heteroatoms. The normalized spacial score (nSPS) is 17.3. The largest absolute Gasteiger partial charge is 0.480 e. The van der Waals surface area contributed by atoms with Crippen LogP contribution in [0, 0.1) is 11.8 Å². The Morgan fingerprint density at radius 2 is 1.86 bits per heavy atom. The molecule has 114 valence electrons. The summed E-state index contributed by atoms with van der Waals surface area (Å²) in [4.78, 5) is 23.4. The van der Waals surface area contributed by atoms with Crippen molar-refractivity contribution in [3.63, 3.8) is 0 Å². The van der Waals surface area contributed by atoms with Crippen LogP contribution in [0.15, 0.2) is 30.3 Å². The predicted octanol–water partition coefficient (Wildman–Crippen LogP) is 2.80. The Morgan fingerprint density at radius 3 is 2.33 bits per heavy atom. The average molecular weight is 289 g/mol. The van der Waals surface area contributed by atoms with Crippen LogP contribution < -0.4 is 5.32 Å². The molecular formula is C17H23NO3. The van der Waals surface area contributed by atoms with E-state index in [-0.39, 0.29) is 17.7 Å². The number of nitrogens with one attached hydrogen (secondary N) is 1. The molecule has 0 aromatic heterocycles. The number of carboxylic acid groups (broad SMARTS) is 1. The zero-order valence-electron chi connectivity index (χ0n) is 12.6. The number of hydrogen-bond acceptors (Lipinski definition) is 2. The molecule has 0 bridgehead atoms. The standard InChI is InChI=1S/C17H23NO3/c1-11(2)14(12-6-4-3-5-7-12)10-15(19)18-16(17(20)21)13-8-9-13/h3-7,11,13-14,16H,8-10H2,1-2H3,(H,18,19)(H,20,21). The Hall–Kier alpha value is -1.84. The van der Waals surface area contributed by atoms with Gasteiger partial charge in [-0.05, 0) is 36.2 Å². The second-order valence-corrected chi connectivity index (χ2v) is 6.19. The van der Waals surface area contributed by atoms with Crippen LogP contribution in [0.5, 0.6) is 0 Å². The van der Waals surface area contributed by atoms with Crippen LogP contribution >= 0.6 is 0 Å². The predicted molar refractivity (Wildman–Crippen MR) is 80.9 cm³/mol. The Kier molecular flexibility index (Phi) is 4.99. The van der Waals surface area contributed by atoms with E-state index in [0.717, 1.165) is 18.4 Å². The van der Waals surface area contributed by atoms with Crippen molar-refractivity contribution in [2.24, 2.45) is 11.8 Å². The van der Waals surface area contributed by atoms with E-state index < -0.39 is 12.0 Å². The summed E-state index contributed by atoms with van der Waals surface area (Å²) in [6, 6.07) is 9.20. The molecule has 0 radical (unpaired) electrons. The monoisotopic (exact) mass is 289 g/mol.